The summed E-state index contributed by atoms with van der Waals surface area (Å²) in [7, 11) is 2.01. The Kier molecular flexibility index (Phi) is 3.91. The van der Waals surface area contributed by atoms with Gasteiger partial charge in [-0.25, -0.2) is 0 Å². The van der Waals surface area contributed by atoms with E-state index in [1.807, 2.05) is 12.6 Å². The molecule has 1 aliphatic rings. The Morgan fingerprint density at radius 1 is 1.60 bits per heavy atom. The molecule has 2 rings (SSSR count). The molecule has 0 aliphatic carbocycles. The molecule has 1 atom stereocenters. The van der Waals surface area contributed by atoms with E-state index in [1.54, 1.807) is 11.3 Å². The van der Waals surface area contributed by atoms with E-state index in [2.05, 4.69) is 20.4 Å². The number of piperidine rings is 1. The largest absolute Gasteiger partial charge is 0.344 e. The first kappa shape index (κ1) is 10.8. The zero-order chi connectivity index (χ0) is 10.5. The summed E-state index contributed by atoms with van der Waals surface area (Å²) in [5.41, 5.74) is 1.82. The molecule has 4 nitrogen and oxygen atoms in total. The highest BCUT2D eigenvalue weighted by Crippen LogP contribution is 2.26. The highest BCUT2D eigenvalue weighted by atomic mass is 32.1. The average Bonchev–Trinajstić information content (AvgIpc) is 2.80. The summed E-state index contributed by atoms with van der Waals surface area (Å²) in [5, 5.41) is 12.4. The molecular weight excluding hydrogens is 208 g/mol. The second-order valence-electron chi connectivity index (χ2n) is 3.96. The van der Waals surface area contributed by atoms with Crippen molar-refractivity contribution < 1.29 is 0 Å². The maximum atomic E-state index is 4.17. The molecule has 15 heavy (non-hydrogen) atoms. The molecule has 5 heteroatoms. The molecule has 1 saturated heterocycles. The fraction of sp³-hybridized carbons (Fsp3) is 0.800. The van der Waals surface area contributed by atoms with Crippen LogP contribution in [0.25, 0.3) is 0 Å². The summed E-state index contributed by atoms with van der Waals surface area (Å²) >= 11 is 1.65. The molecule has 0 amide bonds. The lowest BCUT2D eigenvalue weighted by Crippen LogP contribution is -2.41. The summed E-state index contributed by atoms with van der Waals surface area (Å²) in [5.74, 6) is 0. The van der Waals surface area contributed by atoms with Crippen LogP contribution in [0, 0.1) is 0 Å². The number of nitrogens with zero attached hydrogens (tertiary/aromatic N) is 3. The fourth-order valence-electron chi connectivity index (χ4n) is 2.16. The Bertz CT molecular complexity index is 275. The van der Waals surface area contributed by atoms with Gasteiger partial charge in [0.25, 0.3) is 0 Å². The molecule has 84 valence electrons. The van der Waals surface area contributed by atoms with E-state index >= 15 is 0 Å². The quantitative estimate of drug-likeness (QED) is 0.845. The molecule has 0 radical (unpaired) electrons. The van der Waals surface area contributed by atoms with Crippen LogP contribution in [0.1, 0.15) is 25.7 Å². The van der Waals surface area contributed by atoms with Gasteiger partial charge in [0.15, 0.2) is 0 Å². The zero-order valence-corrected chi connectivity index (χ0v) is 9.96. The van der Waals surface area contributed by atoms with E-state index in [-0.39, 0.29) is 0 Å². The molecule has 1 aromatic rings. The Labute approximate surface area is 94.7 Å². The van der Waals surface area contributed by atoms with Crippen molar-refractivity contribution >= 4 is 16.5 Å². The van der Waals surface area contributed by atoms with Gasteiger partial charge in [-0.15, -0.1) is 10.2 Å². The molecule has 2 heterocycles. The van der Waals surface area contributed by atoms with Gasteiger partial charge >= 0.3 is 0 Å². The molecule has 0 spiro atoms. The van der Waals surface area contributed by atoms with Crippen LogP contribution in [0.2, 0.25) is 0 Å². The van der Waals surface area contributed by atoms with Gasteiger partial charge in [0, 0.05) is 12.6 Å². The van der Waals surface area contributed by atoms with Crippen molar-refractivity contribution in [3.8, 4) is 0 Å². The van der Waals surface area contributed by atoms with Crippen LogP contribution in [-0.2, 0) is 0 Å². The van der Waals surface area contributed by atoms with Gasteiger partial charge in [-0.1, -0.05) is 11.3 Å². The predicted molar refractivity (Wildman–Crippen MR) is 63.4 cm³/mol. The predicted octanol–water partition coefficient (Wildman–Crippen LogP) is 1.51. The van der Waals surface area contributed by atoms with Crippen molar-refractivity contribution in [2.45, 2.75) is 31.7 Å². The third kappa shape index (κ3) is 2.66. The van der Waals surface area contributed by atoms with E-state index in [9.17, 15) is 0 Å². The molecule has 1 unspecified atom stereocenters. The number of hydrogen-bond acceptors (Lipinski definition) is 5. The van der Waals surface area contributed by atoms with Gasteiger partial charge in [-0.3, -0.25) is 0 Å². The summed E-state index contributed by atoms with van der Waals surface area (Å²) in [6.45, 7) is 2.23. The molecule has 1 fully saturated rings. The lowest BCUT2D eigenvalue weighted by molar-refractivity contribution is 0.432. The maximum Gasteiger partial charge on any atom is 0.208 e. The molecule has 0 aromatic carbocycles. The van der Waals surface area contributed by atoms with Crippen molar-refractivity contribution in [2.75, 3.05) is 25.0 Å². The minimum absolute atomic E-state index is 0.652. The Balaban J connectivity index is 1.99. The van der Waals surface area contributed by atoms with Crippen LogP contribution in [0.15, 0.2) is 5.51 Å². The summed E-state index contributed by atoms with van der Waals surface area (Å²) < 4.78 is 0. The smallest absolute Gasteiger partial charge is 0.208 e. The molecule has 0 saturated carbocycles. The fourth-order valence-corrected chi connectivity index (χ4v) is 2.81. The summed E-state index contributed by atoms with van der Waals surface area (Å²) in [4.78, 5) is 2.43. The zero-order valence-electron chi connectivity index (χ0n) is 9.15. The summed E-state index contributed by atoms with van der Waals surface area (Å²) in [6, 6.07) is 0.652. The standard InChI is InChI=1S/C10H18N4S/c1-11-6-5-9-4-2-3-7-14(9)10-13-12-8-15-10/h8-9,11H,2-7H2,1H3. The number of rotatable bonds is 4. The van der Waals surface area contributed by atoms with E-state index in [0.717, 1.165) is 18.2 Å². The third-order valence-electron chi connectivity index (χ3n) is 2.95. The number of hydrogen-bond donors (Lipinski definition) is 1. The first-order valence-electron chi connectivity index (χ1n) is 5.59. The third-order valence-corrected chi connectivity index (χ3v) is 3.68. The normalized spacial score (nSPS) is 21.9. The molecule has 0 bridgehead atoms. The highest BCUT2D eigenvalue weighted by Gasteiger charge is 2.23. The van der Waals surface area contributed by atoms with Crippen LogP contribution in [0.4, 0.5) is 5.13 Å². The van der Waals surface area contributed by atoms with Gasteiger partial charge < -0.3 is 10.2 Å². The van der Waals surface area contributed by atoms with Crippen LogP contribution < -0.4 is 10.2 Å². The van der Waals surface area contributed by atoms with Crippen LogP contribution in [0.5, 0.6) is 0 Å². The van der Waals surface area contributed by atoms with Gasteiger partial charge in [0.1, 0.15) is 5.51 Å². The van der Waals surface area contributed by atoms with Crippen molar-refractivity contribution in [1.29, 1.82) is 0 Å². The highest BCUT2D eigenvalue weighted by molar-refractivity contribution is 7.13. The topological polar surface area (TPSA) is 41.0 Å². The number of anilines is 1. The van der Waals surface area contributed by atoms with Gasteiger partial charge in [-0.05, 0) is 39.3 Å². The van der Waals surface area contributed by atoms with Crippen molar-refractivity contribution in [3.05, 3.63) is 5.51 Å². The van der Waals surface area contributed by atoms with E-state index < -0.39 is 0 Å². The van der Waals surface area contributed by atoms with Gasteiger partial charge in [0.2, 0.25) is 5.13 Å². The minimum Gasteiger partial charge on any atom is -0.344 e. The molecular formula is C10H18N4S. The lowest BCUT2D eigenvalue weighted by atomic mass is 10.00. The molecule has 1 aromatic heterocycles. The second-order valence-corrected chi connectivity index (χ2v) is 4.77. The second kappa shape index (κ2) is 5.42. The molecule has 1 aliphatic heterocycles. The number of aromatic nitrogens is 2. The first-order valence-corrected chi connectivity index (χ1v) is 6.47. The Hall–Kier alpha value is -0.680. The minimum atomic E-state index is 0.652. The monoisotopic (exact) mass is 226 g/mol. The van der Waals surface area contributed by atoms with E-state index in [0.29, 0.717) is 6.04 Å². The van der Waals surface area contributed by atoms with Gasteiger partial charge in [-0.2, -0.15) is 0 Å². The van der Waals surface area contributed by atoms with E-state index in [1.165, 1.54) is 25.7 Å². The Morgan fingerprint density at radius 3 is 3.27 bits per heavy atom. The van der Waals surface area contributed by atoms with Crippen molar-refractivity contribution in [1.82, 2.24) is 15.5 Å². The van der Waals surface area contributed by atoms with Crippen molar-refractivity contribution in [2.24, 2.45) is 0 Å². The van der Waals surface area contributed by atoms with Crippen LogP contribution in [-0.4, -0.2) is 36.4 Å². The SMILES string of the molecule is CNCCC1CCCCN1c1nncs1. The van der Waals surface area contributed by atoms with Gasteiger partial charge in [0.05, 0.1) is 0 Å². The van der Waals surface area contributed by atoms with Crippen LogP contribution in [0.3, 0.4) is 0 Å². The average molecular weight is 226 g/mol. The van der Waals surface area contributed by atoms with Crippen LogP contribution >= 0.6 is 11.3 Å². The lowest BCUT2D eigenvalue weighted by Gasteiger charge is -2.35. The van der Waals surface area contributed by atoms with E-state index in [4.69, 9.17) is 0 Å². The molecule has 1 N–H and O–H groups in total. The van der Waals surface area contributed by atoms with Crippen molar-refractivity contribution in [3.63, 3.8) is 0 Å². The summed E-state index contributed by atoms with van der Waals surface area (Å²) in [6.07, 6.45) is 5.14. The first-order chi connectivity index (χ1) is 7.42. The number of nitrogens with one attached hydrogen (secondary N) is 1. The maximum absolute atomic E-state index is 4.17. The Morgan fingerprint density at radius 2 is 2.53 bits per heavy atom.